The lowest BCUT2D eigenvalue weighted by molar-refractivity contribution is 0.416. The van der Waals surface area contributed by atoms with Crippen molar-refractivity contribution in [2.45, 2.75) is 25.7 Å². The molecule has 0 aliphatic carbocycles. The van der Waals surface area contributed by atoms with Crippen LogP contribution < -0.4 is 4.74 Å². The van der Waals surface area contributed by atoms with Crippen LogP contribution in [0.5, 0.6) is 5.75 Å². The molecule has 0 unspecified atom stereocenters. The molecule has 27 heavy (non-hydrogen) atoms. The number of hydrogen-bond acceptors (Lipinski definition) is 2. The minimum Gasteiger partial charge on any atom is -0.496 e. The Labute approximate surface area is 172 Å². The summed E-state index contributed by atoms with van der Waals surface area (Å²) in [5, 5.41) is 0.659. The summed E-state index contributed by atoms with van der Waals surface area (Å²) in [7, 11) is 1.67. The Morgan fingerprint density at radius 1 is 0.815 bits per heavy atom. The van der Waals surface area contributed by atoms with Gasteiger partial charge in [-0.25, -0.2) is 0 Å². The van der Waals surface area contributed by atoms with Crippen molar-refractivity contribution in [2.75, 3.05) is 7.11 Å². The lowest BCUT2D eigenvalue weighted by Crippen LogP contribution is -1.90. The van der Waals surface area contributed by atoms with Crippen molar-refractivity contribution in [2.24, 2.45) is 0 Å². The van der Waals surface area contributed by atoms with Gasteiger partial charge in [0.15, 0.2) is 0 Å². The molecule has 0 saturated carbocycles. The number of ether oxygens (including phenoxy) is 1. The molecule has 3 rings (SSSR count). The van der Waals surface area contributed by atoms with Gasteiger partial charge >= 0.3 is 0 Å². The molecule has 1 nitrogen and oxygen atoms in total. The van der Waals surface area contributed by atoms with Gasteiger partial charge in [0.25, 0.3) is 0 Å². The Morgan fingerprint density at radius 3 is 2.11 bits per heavy atom. The van der Waals surface area contributed by atoms with Crippen molar-refractivity contribution < 1.29 is 4.74 Å². The van der Waals surface area contributed by atoms with Crippen LogP contribution in [0.1, 0.15) is 27.8 Å². The third-order valence-electron chi connectivity index (χ3n) is 4.88. The van der Waals surface area contributed by atoms with E-state index in [1.54, 1.807) is 7.11 Å². The molecule has 0 N–H and O–H groups in total. The quantitative estimate of drug-likeness (QED) is 0.358. The highest BCUT2D eigenvalue weighted by Gasteiger charge is 2.10. The highest BCUT2D eigenvalue weighted by atomic mass is 35.5. The van der Waals surface area contributed by atoms with Gasteiger partial charge < -0.3 is 4.74 Å². The van der Waals surface area contributed by atoms with Crippen LogP contribution in [0.2, 0.25) is 5.02 Å². The summed E-state index contributed by atoms with van der Waals surface area (Å²) in [4.78, 5) is 0.837. The summed E-state index contributed by atoms with van der Waals surface area (Å²) in [5.41, 5.74) is 8.16. The molecule has 3 aromatic rings. The maximum Gasteiger partial charge on any atom is 0.126 e. The van der Waals surface area contributed by atoms with Crippen LogP contribution in [-0.4, -0.2) is 7.11 Å². The van der Waals surface area contributed by atoms with Crippen molar-refractivity contribution in [3.63, 3.8) is 0 Å². The fraction of sp³-hybridized carbons (Fsp3) is 0.167. The van der Waals surface area contributed by atoms with Crippen LogP contribution in [0.3, 0.4) is 0 Å². The van der Waals surface area contributed by atoms with Crippen molar-refractivity contribution in [1.29, 1.82) is 0 Å². The first-order valence-electron chi connectivity index (χ1n) is 8.82. The largest absolute Gasteiger partial charge is 0.496 e. The number of hydrogen-bond donors (Lipinski definition) is 1. The molecular weight excluding hydrogens is 372 g/mol. The van der Waals surface area contributed by atoms with E-state index >= 15 is 0 Å². The Kier molecular flexibility index (Phi) is 5.98. The summed E-state index contributed by atoms with van der Waals surface area (Å²) < 4.78 is 5.55. The number of rotatable bonds is 4. The minimum atomic E-state index is 0.659. The zero-order valence-electron chi connectivity index (χ0n) is 16.0. The fourth-order valence-corrected chi connectivity index (χ4v) is 3.68. The van der Waals surface area contributed by atoms with Gasteiger partial charge in [-0.2, -0.15) is 0 Å². The SMILES string of the molecule is COc1ccc(/C=C\c2cc(C)c(C)c(C)c2)cc1-c1ccc(S)cc1Cl. The van der Waals surface area contributed by atoms with E-state index < -0.39 is 0 Å². The summed E-state index contributed by atoms with van der Waals surface area (Å²) >= 11 is 10.8. The molecule has 3 aromatic carbocycles. The van der Waals surface area contributed by atoms with Gasteiger partial charge in [-0.1, -0.05) is 48.0 Å². The van der Waals surface area contributed by atoms with Gasteiger partial charge in [0.1, 0.15) is 5.75 Å². The summed E-state index contributed by atoms with van der Waals surface area (Å²) in [6.07, 6.45) is 4.26. The highest BCUT2D eigenvalue weighted by molar-refractivity contribution is 7.80. The molecule has 0 radical (unpaired) electrons. The Bertz CT molecular complexity index is 998. The average Bonchev–Trinajstić information content (AvgIpc) is 2.64. The highest BCUT2D eigenvalue weighted by Crippen LogP contribution is 2.37. The van der Waals surface area contributed by atoms with E-state index in [4.69, 9.17) is 16.3 Å². The van der Waals surface area contributed by atoms with Gasteiger partial charge in [0, 0.05) is 21.0 Å². The van der Waals surface area contributed by atoms with E-state index in [0.29, 0.717) is 5.02 Å². The van der Waals surface area contributed by atoms with Crippen LogP contribution in [0.4, 0.5) is 0 Å². The van der Waals surface area contributed by atoms with Crippen molar-refractivity contribution in [3.05, 3.63) is 81.4 Å². The second-order valence-electron chi connectivity index (χ2n) is 6.74. The normalized spacial score (nSPS) is 11.2. The van der Waals surface area contributed by atoms with Crippen LogP contribution in [-0.2, 0) is 0 Å². The zero-order chi connectivity index (χ0) is 19.6. The Hall–Kier alpha value is -2.16. The lowest BCUT2D eigenvalue weighted by atomic mass is 9.99. The number of methoxy groups -OCH3 is 1. The molecule has 0 amide bonds. The van der Waals surface area contributed by atoms with E-state index in [2.05, 4.69) is 63.8 Å². The lowest BCUT2D eigenvalue weighted by Gasteiger charge is -2.12. The molecule has 0 aromatic heterocycles. The first-order valence-corrected chi connectivity index (χ1v) is 9.64. The second kappa shape index (κ2) is 8.24. The van der Waals surface area contributed by atoms with E-state index in [0.717, 1.165) is 27.3 Å². The van der Waals surface area contributed by atoms with Gasteiger partial charge in [-0.15, -0.1) is 12.6 Å². The molecule has 0 bridgehead atoms. The van der Waals surface area contributed by atoms with Gasteiger partial charge in [0.2, 0.25) is 0 Å². The third-order valence-corrected chi connectivity index (χ3v) is 5.47. The van der Waals surface area contributed by atoms with Crippen LogP contribution in [0.25, 0.3) is 23.3 Å². The molecule has 0 heterocycles. The number of aryl methyl sites for hydroxylation is 2. The second-order valence-corrected chi connectivity index (χ2v) is 7.66. The van der Waals surface area contributed by atoms with E-state index in [1.165, 1.54) is 22.3 Å². The maximum atomic E-state index is 6.45. The third kappa shape index (κ3) is 4.40. The maximum absolute atomic E-state index is 6.45. The molecule has 0 atom stereocenters. The van der Waals surface area contributed by atoms with Gasteiger partial charge in [0.05, 0.1) is 7.11 Å². The fourth-order valence-electron chi connectivity index (χ4n) is 3.12. The van der Waals surface area contributed by atoms with Gasteiger partial charge in [-0.05, 0) is 72.9 Å². The summed E-state index contributed by atoms with van der Waals surface area (Å²) in [6.45, 7) is 6.46. The van der Waals surface area contributed by atoms with Crippen LogP contribution in [0.15, 0.2) is 53.4 Å². The van der Waals surface area contributed by atoms with Crippen LogP contribution >= 0.6 is 24.2 Å². The predicted molar refractivity (Wildman–Crippen MR) is 120 cm³/mol. The zero-order valence-corrected chi connectivity index (χ0v) is 17.7. The minimum absolute atomic E-state index is 0.659. The summed E-state index contributed by atoms with van der Waals surface area (Å²) in [5.74, 6) is 0.794. The number of benzene rings is 3. The first kappa shape index (κ1) is 19.6. The molecule has 138 valence electrons. The summed E-state index contributed by atoms with van der Waals surface area (Å²) in [6, 6.07) is 16.3. The predicted octanol–water partition coefficient (Wildman–Crippen LogP) is 7.40. The average molecular weight is 395 g/mol. The molecule has 0 spiro atoms. The number of halogens is 1. The van der Waals surface area contributed by atoms with E-state index in [9.17, 15) is 0 Å². The standard InChI is InChI=1S/C24H23ClOS/c1-15-11-19(12-16(2)17(15)3)6-5-18-7-10-24(26-4)22(13-18)21-9-8-20(27)14-23(21)25/h5-14,27H,1-4H3/b6-5-. The molecule has 0 saturated heterocycles. The number of thiol groups is 1. The van der Waals surface area contributed by atoms with Crippen molar-refractivity contribution in [3.8, 4) is 16.9 Å². The van der Waals surface area contributed by atoms with Gasteiger partial charge in [-0.3, -0.25) is 0 Å². The van der Waals surface area contributed by atoms with Crippen LogP contribution in [0, 0.1) is 20.8 Å². The smallest absolute Gasteiger partial charge is 0.126 e. The molecular formula is C24H23ClOS. The molecule has 0 fully saturated rings. The van der Waals surface area contributed by atoms with E-state index in [-0.39, 0.29) is 0 Å². The Balaban J connectivity index is 2.00. The van der Waals surface area contributed by atoms with E-state index in [1.807, 2.05) is 30.3 Å². The topological polar surface area (TPSA) is 9.23 Å². The Morgan fingerprint density at radius 2 is 1.48 bits per heavy atom. The van der Waals surface area contributed by atoms with Crippen molar-refractivity contribution in [1.82, 2.24) is 0 Å². The van der Waals surface area contributed by atoms with Crippen molar-refractivity contribution >= 4 is 36.4 Å². The molecule has 0 aliphatic rings. The molecule has 0 aliphatic heterocycles. The molecule has 3 heteroatoms. The monoisotopic (exact) mass is 394 g/mol. The first-order chi connectivity index (χ1) is 12.9.